The lowest BCUT2D eigenvalue weighted by molar-refractivity contribution is -0.117. The van der Waals surface area contributed by atoms with Crippen molar-refractivity contribution in [1.82, 2.24) is 20.4 Å². The molecule has 1 amide bonds. The molecule has 0 saturated carbocycles. The van der Waals surface area contributed by atoms with Crippen molar-refractivity contribution in [2.24, 2.45) is 0 Å². The summed E-state index contributed by atoms with van der Waals surface area (Å²) in [6, 6.07) is 0.589. The Morgan fingerprint density at radius 3 is 2.95 bits per heavy atom. The number of aromatic nitrogens is 2. The fourth-order valence-electron chi connectivity index (χ4n) is 2.05. The maximum atomic E-state index is 11.9. The molecule has 0 radical (unpaired) electrons. The normalized spacial score (nSPS) is 19.3. The van der Waals surface area contributed by atoms with E-state index in [1.807, 2.05) is 25.8 Å². The zero-order valence-electron chi connectivity index (χ0n) is 11.6. The molecule has 1 unspecified atom stereocenters. The molecule has 2 heterocycles. The molecule has 1 aromatic rings. The van der Waals surface area contributed by atoms with Crippen LogP contribution in [0.5, 0.6) is 0 Å². The molecule has 1 atom stereocenters. The van der Waals surface area contributed by atoms with Crippen LogP contribution in [0.25, 0.3) is 0 Å². The van der Waals surface area contributed by atoms with Gasteiger partial charge in [-0.05, 0) is 20.0 Å². The van der Waals surface area contributed by atoms with Crippen molar-refractivity contribution in [2.45, 2.75) is 32.2 Å². The molecule has 19 heavy (non-hydrogen) atoms. The summed E-state index contributed by atoms with van der Waals surface area (Å²) in [5.74, 6) is 0.558. The molecule has 0 aliphatic carbocycles. The summed E-state index contributed by atoms with van der Waals surface area (Å²) in [4.78, 5) is 13.9. The van der Waals surface area contributed by atoms with Gasteiger partial charge in [0.25, 0.3) is 0 Å². The van der Waals surface area contributed by atoms with Crippen LogP contribution in [-0.4, -0.2) is 53.7 Å². The van der Waals surface area contributed by atoms with Crippen molar-refractivity contribution >= 4 is 11.9 Å². The van der Waals surface area contributed by atoms with E-state index in [1.54, 1.807) is 0 Å². The van der Waals surface area contributed by atoms with Gasteiger partial charge in [-0.15, -0.1) is 5.10 Å². The van der Waals surface area contributed by atoms with Crippen LogP contribution in [0.1, 0.15) is 32.1 Å². The maximum absolute atomic E-state index is 11.9. The SMILES string of the molecule is CC(C)c1nnc(NC(=O)CN(C)C2CCNC2)o1. The number of carbonyl (C=O) groups excluding carboxylic acids is 1. The zero-order chi connectivity index (χ0) is 13.8. The number of rotatable bonds is 5. The highest BCUT2D eigenvalue weighted by Crippen LogP contribution is 2.14. The Kier molecular flexibility index (Phi) is 4.49. The number of anilines is 1. The predicted octanol–water partition coefficient (Wildman–Crippen LogP) is 0.425. The summed E-state index contributed by atoms with van der Waals surface area (Å²) >= 11 is 0. The largest absolute Gasteiger partial charge is 0.408 e. The standard InChI is InChI=1S/C12H21N5O2/c1-8(2)11-15-16-12(19-11)14-10(18)7-17(3)9-4-5-13-6-9/h8-9,13H,4-7H2,1-3H3,(H,14,16,18). The van der Waals surface area contributed by atoms with E-state index in [-0.39, 0.29) is 17.8 Å². The second kappa shape index (κ2) is 6.12. The van der Waals surface area contributed by atoms with E-state index in [2.05, 4.69) is 20.8 Å². The first-order chi connectivity index (χ1) is 9.06. The molecule has 7 nitrogen and oxygen atoms in total. The van der Waals surface area contributed by atoms with E-state index in [9.17, 15) is 4.79 Å². The molecule has 1 aliphatic heterocycles. The Bertz CT molecular complexity index is 426. The minimum absolute atomic E-state index is 0.131. The van der Waals surface area contributed by atoms with Crippen LogP contribution in [0.2, 0.25) is 0 Å². The minimum atomic E-state index is -0.131. The van der Waals surface area contributed by atoms with E-state index in [0.29, 0.717) is 18.5 Å². The fraction of sp³-hybridized carbons (Fsp3) is 0.750. The second-order valence-corrected chi connectivity index (χ2v) is 5.21. The van der Waals surface area contributed by atoms with E-state index in [4.69, 9.17) is 4.42 Å². The quantitative estimate of drug-likeness (QED) is 0.804. The molecule has 7 heteroatoms. The third-order valence-corrected chi connectivity index (χ3v) is 3.23. The van der Waals surface area contributed by atoms with Crippen LogP contribution in [0, 0.1) is 0 Å². The van der Waals surface area contributed by atoms with Crippen molar-refractivity contribution in [1.29, 1.82) is 0 Å². The average Bonchev–Trinajstić information content (AvgIpc) is 2.98. The lowest BCUT2D eigenvalue weighted by Crippen LogP contribution is -2.39. The van der Waals surface area contributed by atoms with E-state index >= 15 is 0 Å². The Morgan fingerprint density at radius 1 is 1.58 bits per heavy atom. The summed E-state index contributed by atoms with van der Waals surface area (Å²) in [5.41, 5.74) is 0. The molecule has 0 aromatic carbocycles. The topological polar surface area (TPSA) is 83.3 Å². The number of hydrogen-bond acceptors (Lipinski definition) is 6. The van der Waals surface area contributed by atoms with E-state index in [1.165, 1.54) is 0 Å². The Hall–Kier alpha value is -1.47. The summed E-state index contributed by atoms with van der Waals surface area (Å²) in [6.45, 7) is 6.19. The highest BCUT2D eigenvalue weighted by atomic mass is 16.4. The first-order valence-electron chi connectivity index (χ1n) is 6.60. The molecular weight excluding hydrogens is 246 g/mol. The number of likely N-dealkylation sites (N-methyl/N-ethyl adjacent to an activating group) is 1. The van der Waals surface area contributed by atoms with E-state index in [0.717, 1.165) is 19.5 Å². The van der Waals surface area contributed by atoms with Gasteiger partial charge in [0.1, 0.15) is 0 Å². The lowest BCUT2D eigenvalue weighted by atomic mass is 10.2. The summed E-state index contributed by atoms with van der Waals surface area (Å²) < 4.78 is 5.34. The molecule has 1 saturated heterocycles. The van der Waals surface area contributed by atoms with Gasteiger partial charge in [0.15, 0.2) is 0 Å². The van der Waals surface area contributed by atoms with E-state index < -0.39 is 0 Å². The van der Waals surface area contributed by atoms with Gasteiger partial charge in [-0.2, -0.15) is 0 Å². The number of hydrogen-bond donors (Lipinski definition) is 2. The molecule has 106 valence electrons. The third kappa shape index (κ3) is 3.74. The van der Waals surface area contributed by atoms with Gasteiger partial charge in [0, 0.05) is 18.5 Å². The van der Waals surface area contributed by atoms with Gasteiger partial charge in [-0.3, -0.25) is 15.0 Å². The van der Waals surface area contributed by atoms with Crippen LogP contribution in [0.3, 0.4) is 0 Å². The summed E-state index contributed by atoms with van der Waals surface area (Å²) in [5, 5.41) is 13.6. The fourth-order valence-corrected chi connectivity index (χ4v) is 2.05. The Balaban J connectivity index is 1.82. The maximum Gasteiger partial charge on any atom is 0.322 e. The highest BCUT2D eigenvalue weighted by molar-refractivity contribution is 5.90. The molecule has 0 bridgehead atoms. The summed E-state index contributed by atoms with van der Waals surface area (Å²) in [6.07, 6.45) is 1.07. The number of nitrogens with zero attached hydrogens (tertiary/aromatic N) is 3. The highest BCUT2D eigenvalue weighted by Gasteiger charge is 2.21. The van der Waals surface area contributed by atoms with Crippen LogP contribution in [0.15, 0.2) is 4.42 Å². The van der Waals surface area contributed by atoms with Gasteiger partial charge in [-0.1, -0.05) is 18.9 Å². The van der Waals surface area contributed by atoms with Crippen LogP contribution in [0.4, 0.5) is 6.01 Å². The number of carbonyl (C=O) groups is 1. The van der Waals surface area contributed by atoms with Crippen molar-refractivity contribution in [3.05, 3.63) is 5.89 Å². The van der Waals surface area contributed by atoms with Gasteiger partial charge in [0.2, 0.25) is 11.8 Å². The molecule has 0 spiro atoms. The van der Waals surface area contributed by atoms with Crippen molar-refractivity contribution in [3.8, 4) is 0 Å². The average molecular weight is 267 g/mol. The van der Waals surface area contributed by atoms with Crippen molar-refractivity contribution in [2.75, 3.05) is 32.0 Å². The predicted molar refractivity (Wildman–Crippen MR) is 70.9 cm³/mol. The van der Waals surface area contributed by atoms with Gasteiger partial charge in [0.05, 0.1) is 6.54 Å². The Morgan fingerprint density at radius 2 is 2.37 bits per heavy atom. The number of nitrogens with one attached hydrogen (secondary N) is 2. The van der Waals surface area contributed by atoms with Crippen molar-refractivity contribution in [3.63, 3.8) is 0 Å². The Labute approximate surface area is 112 Å². The minimum Gasteiger partial charge on any atom is -0.408 e. The van der Waals surface area contributed by atoms with Crippen LogP contribution >= 0.6 is 0 Å². The van der Waals surface area contributed by atoms with Gasteiger partial charge >= 0.3 is 6.01 Å². The first-order valence-corrected chi connectivity index (χ1v) is 6.60. The zero-order valence-corrected chi connectivity index (χ0v) is 11.6. The molecule has 1 fully saturated rings. The third-order valence-electron chi connectivity index (χ3n) is 3.23. The number of amides is 1. The monoisotopic (exact) mass is 267 g/mol. The molecule has 2 N–H and O–H groups in total. The van der Waals surface area contributed by atoms with Gasteiger partial charge in [-0.25, -0.2) is 0 Å². The van der Waals surface area contributed by atoms with Crippen molar-refractivity contribution < 1.29 is 9.21 Å². The van der Waals surface area contributed by atoms with Gasteiger partial charge < -0.3 is 9.73 Å². The van der Waals surface area contributed by atoms with Crippen LogP contribution < -0.4 is 10.6 Å². The molecule has 1 aliphatic rings. The molecule has 1 aromatic heterocycles. The second-order valence-electron chi connectivity index (χ2n) is 5.21. The first kappa shape index (κ1) is 14.0. The summed E-state index contributed by atoms with van der Waals surface area (Å²) in [7, 11) is 1.95. The lowest BCUT2D eigenvalue weighted by Gasteiger charge is -2.22. The smallest absolute Gasteiger partial charge is 0.322 e. The molecule has 2 rings (SSSR count). The van der Waals surface area contributed by atoms with Crippen LogP contribution in [-0.2, 0) is 4.79 Å². The molecular formula is C12H21N5O2.